The molecule has 10 aliphatic rings. The first-order valence-electron chi connectivity index (χ1n) is 35.2. The third-order valence-electron chi connectivity index (χ3n) is 22.6. The first-order chi connectivity index (χ1) is 42.5. The SMILES string of the molecule is C.C.C.C.C.C.C.C.CCC(C)(C)C(=O)OCCOCC(=O)OC1(C)C2CC3CC(C2)CC1C3.CCC(C)C(=O)OCC(=O)OC1(CC)CCCCC1.CCC(C)C(=O)OCCOCC(=O)OC1(C)C2CC3CC(C2)CC1C3.CCC1(OC(=O)COC(=O)C(C)(C)CC)CCCCC1. The summed E-state index contributed by atoms with van der Waals surface area (Å²) in [5, 5.41) is 0. The Kier molecular flexibility index (Phi) is 47.3. The summed E-state index contributed by atoms with van der Waals surface area (Å²) < 4.78 is 54.1. The van der Waals surface area contributed by atoms with Gasteiger partial charge in [-0.1, -0.05) is 128 Å². The molecule has 18 nitrogen and oxygen atoms in total. The molecule has 0 aliphatic heterocycles. The van der Waals surface area contributed by atoms with Crippen LogP contribution in [0.25, 0.3) is 0 Å². The van der Waals surface area contributed by atoms with Gasteiger partial charge in [0.2, 0.25) is 0 Å². The van der Waals surface area contributed by atoms with Crippen molar-refractivity contribution in [2.75, 3.05) is 52.9 Å². The van der Waals surface area contributed by atoms with E-state index in [4.69, 9.17) is 47.4 Å². The average Bonchev–Trinajstić information content (AvgIpc) is 0.742. The van der Waals surface area contributed by atoms with Crippen LogP contribution in [-0.4, -0.2) is 123 Å². The molecule has 98 heavy (non-hydrogen) atoms. The van der Waals surface area contributed by atoms with Gasteiger partial charge < -0.3 is 47.4 Å². The summed E-state index contributed by atoms with van der Waals surface area (Å²) >= 11 is 0. The van der Waals surface area contributed by atoms with Crippen LogP contribution in [0.4, 0.5) is 0 Å². The number of ether oxygens (including phenoxy) is 10. The summed E-state index contributed by atoms with van der Waals surface area (Å²) in [6.07, 6.45) is 27.5. The van der Waals surface area contributed by atoms with Crippen LogP contribution in [0.1, 0.15) is 323 Å². The second kappa shape index (κ2) is 46.3. The monoisotopic (exact) mass is 1400 g/mol. The van der Waals surface area contributed by atoms with E-state index in [1.54, 1.807) is 6.92 Å². The van der Waals surface area contributed by atoms with Crippen LogP contribution in [0.5, 0.6) is 0 Å². The molecule has 8 bridgehead atoms. The highest BCUT2D eigenvalue weighted by atomic mass is 16.6. The molecule has 0 heterocycles. The summed E-state index contributed by atoms with van der Waals surface area (Å²) in [5.74, 6) is 2.68. The van der Waals surface area contributed by atoms with Crippen molar-refractivity contribution in [2.24, 2.45) is 70.0 Å². The van der Waals surface area contributed by atoms with Gasteiger partial charge in [0.1, 0.15) is 48.8 Å². The van der Waals surface area contributed by atoms with E-state index < -0.39 is 22.8 Å². The lowest BCUT2D eigenvalue weighted by Gasteiger charge is -2.59. The maximum atomic E-state index is 12.3. The molecule has 2 atom stereocenters. The molecule has 0 amide bonds. The van der Waals surface area contributed by atoms with Crippen LogP contribution in [-0.2, 0) is 85.7 Å². The maximum absolute atomic E-state index is 12.3. The third-order valence-corrected chi connectivity index (χ3v) is 22.6. The highest BCUT2D eigenvalue weighted by Crippen LogP contribution is 2.61. The topological polar surface area (TPSA) is 229 Å². The number of carbonyl (C=O) groups is 8. The van der Waals surface area contributed by atoms with Crippen molar-refractivity contribution in [2.45, 2.75) is 346 Å². The van der Waals surface area contributed by atoms with E-state index in [0.717, 1.165) is 101 Å². The summed E-state index contributed by atoms with van der Waals surface area (Å²) in [7, 11) is 0. The minimum Gasteiger partial charge on any atom is -0.463 e. The normalized spacial score (nSPS) is 26.3. The van der Waals surface area contributed by atoms with Gasteiger partial charge in [-0.05, 0) is 243 Å². The molecule has 10 aliphatic carbocycles. The Hall–Kier alpha value is -4.32. The first kappa shape index (κ1) is 100. The van der Waals surface area contributed by atoms with Crippen molar-refractivity contribution in [1.82, 2.24) is 0 Å². The Labute approximate surface area is 599 Å². The van der Waals surface area contributed by atoms with Crippen molar-refractivity contribution in [3.8, 4) is 0 Å². The quantitative estimate of drug-likeness (QED) is 0.0403. The van der Waals surface area contributed by atoms with E-state index in [9.17, 15) is 38.4 Å². The second-order valence-electron chi connectivity index (χ2n) is 29.8. The third kappa shape index (κ3) is 28.8. The molecule has 10 rings (SSSR count). The molecule has 10 fully saturated rings. The predicted molar refractivity (Wildman–Crippen MR) is 394 cm³/mol. The zero-order valence-corrected chi connectivity index (χ0v) is 58.2. The van der Waals surface area contributed by atoms with E-state index >= 15 is 0 Å². The summed E-state index contributed by atoms with van der Waals surface area (Å²) in [6, 6.07) is 0. The summed E-state index contributed by atoms with van der Waals surface area (Å²) in [5.41, 5.74) is -2.30. The van der Waals surface area contributed by atoms with Gasteiger partial charge >= 0.3 is 47.8 Å². The number of carbonyl (C=O) groups excluding carboxylic acids is 8. The summed E-state index contributed by atoms with van der Waals surface area (Å²) in [4.78, 5) is 94.9. The highest BCUT2D eigenvalue weighted by Gasteiger charge is 2.58. The fourth-order valence-corrected chi connectivity index (χ4v) is 15.4. The van der Waals surface area contributed by atoms with Crippen molar-refractivity contribution in [3.63, 3.8) is 0 Å². The van der Waals surface area contributed by atoms with E-state index in [1.165, 1.54) is 77.0 Å². The molecule has 18 heteroatoms. The molecule has 0 aromatic heterocycles. The molecule has 0 N–H and O–H groups in total. The summed E-state index contributed by atoms with van der Waals surface area (Å²) in [6.45, 7) is 27.2. The van der Waals surface area contributed by atoms with Gasteiger partial charge in [0.15, 0.2) is 13.2 Å². The first-order valence-corrected chi connectivity index (χ1v) is 35.2. The van der Waals surface area contributed by atoms with Crippen LogP contribution in [0, 0.1) is 70.0 Å². The fourth-order valence-electron chi connectivity index (χ4n) is 15.4. The number of hydrogen-bond donors (Lipinski definition) is 0. The molecule has 0 aromatic rings. The molecule has 0 spiro atoms. The Morgan fingerprint density at radius 2 is 0.653 bits per heavy atom. The standard InChI is InChI=1S/C21H34O5.C20H32O5.C16H28O4.C15H26O4.8CH4/c1-5-20(2,3)19(23)25-7-6-24-13-18(22)26-21(4)16-9-14-8-15(11-16)12-17(21)10-14;1-4-13(2)19(22)24-6-5-23-12-18(21)25-20(3)16-8-14-7-15(10-16)11-17(20)9-14;1-5-15(3,4)14(18)19-12-13(17)20-16(6-2)10-8-7-9-11-16;1-4-12(3)14(17)18-11-13(16)19-15(5-2)9-7-6-8-10-15;;;;;;;;/h14-17H,5-13H2,1-4H3;13-17H,4-12H2,1-3H3;5-12H2,1-4H3;12H,4-11H2,1-3H3;8*1H4. The van der Waals surface area contributed by atoms with Crippen LogP contribution in [0.2, 0.25) is 0 Å². The Balaban J connectivity index is -0.000000590. The maximum Gasteiger partial charge on any atom is 0.344 e. The Bertz CT molecular complexity index is 2260. The van der Waals surface area contributed by atoms with E-state index in [-0.39, 0.29) is 182 Å². The lowest BCUT2D eigenvalue weighted by molar-refractivity contribution is -0.207. The van der Waals surface area contributed by atoms with Crippen molar-refractivity contribution < 1.29 is 85.7 Å². The molecular formula is C80H152O18. The lowest BCUT2D eigenvalue weighted by Crippen LogP contribution is -2.58. The number of esters is 8. The van der Waals surface area contributed by atoms with Gasteiger partial charge in [0.25, 0.3) is 0 Å². The number of rotatable bonds is 28. The Morgan fingerprint density at radius 1 is 0.367 bits per heavy atom. The molecule has 580 valence electrons. The van der Waals surface area contributed by atoms with Crippen molar-refractivity contribution in [1.29, 1.82) is 0 Å². The molecule has 2 unspecified atom stereocenters. The van der Waals surface area contributed by atoms with E-state index in [0.29, 0.717) is 36.5 Å². The minimum atomic E-state index is -0.548. The van der Waals surface area contributed by atoms with Crippen LogP contribution < -0.4 is 0 Å². The zero-order chi connectivity index (χ0) is 66.5. The van der Waals surface area contributed by atoms with Gasteiger partial charge in [-0.15, -0.1) is 0 Å². The average molecular weight is 1400 g/mol. The van der Waals surface area contributed by atoms with Gasteiger partial charge in [0.05, 0.1) is 35.9 Å². The van der Waals surface area contributed by atoms with Crippen molar-refractivity contribution >= 4 is 47.8 Å². The number of hydrogen-bond acceptors (Lipinski definition) is 18. The van der Waals surface area contributed by atoms with Gasteiger partial charge in [0, 0.05) is 0 Å². The largest absolute Gasteiger partial charge is 0.463 e. The Morgan fingerprint density at radius 3 is 0.959 bits per heavy atom. The van der Waals surface area contributed by atoms with Crippen LogP contribution >= 0.6 is 0 Å². The molecule has 0 saturated heterocycles. The highest BCUT2D eigenvalue weighted by molar-refractivity contribution is 5.80. The van der Waals surface area contributed by atoms with E-state index in [1.807, 2.05) is 76.2 Å². The second-order valence-corrected chi connectivity index (χ2v) is 29.8. The van der Waals surface area contributed by atoms with Gasteiger partial charge in [-0.25, -0.2) is 19.2 Å². The minimum absolute atomic E-state index is 0. The van der Waals surface area contributed by atoms with E-state index in [2.05, 4.69) is 13.8 Å². The predicted octanol–water partition coefficient (Wildman–Crippen LogP) is 19.0. The van der Waals surface area contributed by atoms with Crippen LogP contribution in [0.3, 0.4) is 0 Å². The van der Waals surface area contributed by atoms with Gasteiger partial charge in [-0.3, -0.25) is 19.2 Å². The van der Waals surface area contributed by atoms with Gasteiger partial charge in [-0.2, -0.15) is 0 Å². The smallest absolute Gasteiger partial charge is 0.344 e. The van der Waals surface area contributed by atoms with Crippen LogP contribution in [0.15, 0.2) is 0 Å². The molecule has 0 radical (unpaired) electrons. The molecule has 10 saturated carbocycles. The fraction of sp³-hybridized carbons (Fsp3) is 0.900. The zero-order valence-electron chi connectivity index (χ0n) is 58.2. The molecule has 0 aromatic carbocycles. The lowest BCUT2D eigenvalue weighted by atomic mass is 9.50. The molecular weight excluding hydrogens is 1250 g/mol. The van der Waals surface area contributed by atoms with Crippen molar-refractivity contribution in [3.05, 3.63) is 0 Å².